The van der Waals surface area contributed by atoms with Gasteiger partial charge in [-0.25, -0.2) is 0 Å². The summed E-state index contributed by atoms with van der Waals surface area (Å²) in [6.45, 7) is 2.02. The van der Waals surface area contributed by atoms with Gasteiger partial charge in [-0.1, -0.05) is 0 Å². The molecule has 2 atom stereocenters. The van der Waals surface area contributed by atoms with Gasteiger partial charge in [-0.3, -0.25) is 4.79 Å². The third-order valence-corrected chi connectivity index (χ3v) is 5.53. The van der Waals surface area contributed by atoms with Gasteiger partial charge in [-0.15, -0.1) is 0 Å². The van der Waals surface area contributed by atoms with Crippen LogP contribution in [0.3, 0.4) is 0 Å². The number of nitrogens with one attached hydrogen (secondary N) is 1. The highest BCUT2D eigenvalue weighted by molar-refractivity contribution is 9.10. The Bertz CT molecular complexity index is 546. The zero-order valence-electron chi connectivity index (χ0n) is 12.2. The minimum absolute atomic E-state index is 0.226. The molecule has 5 heteroatoms. The summed E-state index contributed by atoms with van der Waals surface area (Å²) in [5, 5.41) is 3.58. The van der Waals surface area contributed by atoms with Crippen molar-refractivity contribution in [1.82, 2.24) is 14.8 Å². The lowest BCUT2D eigenvalue weighted by molar-refractivity contribution is 0.0700. The van der Waals surface area contributed by atoms with Gasteiger partial charge in [0.2, 0.25) is 0 Å². The van der Waals surface area contributed by atoms with Crippen LogP contribution in [0.5, 0.6) is 0 Å². The fourth-order valence-electron chi connectivity index (χ4n) is 3.92. The summed E-state index contributed by atoms with van der Waals surface area (Å²) in [5.41, 5.74) is 0.870. The van der Waals surface area contributed by atoms with E-state index in [1.54, 1.807) is 0 Å². The van der Waals surface area contributed by atoms with Gasteiger partial charge in [0, 0.05) is 35.3 Å². The Morgan fingerprint density at radius 3 is 2.81 bits per heavy atom. The van der Waals surface area contributed by atoms with Crippen molar-refractivity contribution in [1.29, 1.82) is 0 Å². The summed E-state index contributed by atoms with van der Waals surface area (Å²) in [6, 6.07) is 3.43. The van der Waals surface area contributed by atoms with Gasteiger partial charge in [0.05, 0.1) is 0 Å². The van der Waals surface area contributed by atoms with Crippen LogP contribution in [0, 0.1) is 0 Å². The van der Waals surface area contributed by atoms with Crippen LogP contribution in [0.2, 0.25) is 0 Å². The minimum Gasteiger partial charge on any atom is -0.339 e. The second-order valence-electron chi connectivity index (χ2n) is 6.59. The van der Waals surface area contributed by atoms with Crippen LogP contribution in [0.4, 0.5) is 0 Å². The van der Waals surface area contributed by atoms with Crippen LogP contribution in [-0.4, -0.2) is 40.5 Å². The van der Waals surface area contributed by atoms with Gasteiger partial charge in [-0.2, -0.15) is 0 Å². The number of hydrogen-bond donors (Lipinski definition) is 1. The smallest absolute Gasteiger partial charge is 0.270 e. The molecule has 1 amide bonds. The van der Waals surface area contributed by atoms with E-state index in [-0.39, 0.29) is 5.91 Å². The molecule has 3 aliphatic rings. The molecule has 1 aromatic rings. The molecule has 3 fully saturated rings. The molecule has 4 rings (SSSR count). The lowest BCUT2D eigenvalue weighted by atomic mass is 10.0. The van der Waals surface area contributed by atoms with Crippen molar-refractivity contribution in [3.63, 3.8) is 0 Å². The predicted molar refractivity (Wildman–Crippen MR) is 85.5 cm³/mol. The Kier molecular flexibility index (Phi) is 3.58. The van der Waals surface area contributed by atoms with Crippen LogP contribution < -0.4 is 5.32 Å². The van der Waals surface area contributed by atoms with E-state index in [4.69, 9.17) is 0 Å². The van der Waals surface area contributed by atoms with Crippen molar-refractivity contribution in [2.45, 2.75) is 56.7 Å². The van der Waals surface area contributed by atoms with E-state index in [0.717, 1.165) is 36.1 Å². The van der Waals surface area contributed by atoms with E-state index in [9.17, 15) is 4.79 Å². The third-order valence-electron chi connectivity index (χ3n) is 5.10. The average molecular weight is 352 g/mol. The SMILES string of the molecule is O=C(c1cc(Br)cn1C1CC1)N1CCCC1C1CCCN1. The second-order valence-corrected chi connectivity index (χ2v) is 7.51. The molecule has 0 aromatic carbocycles. The molecule has 3 heterocycles. The largest absolute Gasteiger partial charge is 0.339 e. The lowest BCUT2D eigenvalue weighted by Gasteiger charge is -2.30. The Labute approximate surface area is 134 Å². The van der Waals surface area contributed by atoms with E-state index in [1.165, 1.54) is 25.7 Å². The molecule has 1 aliphatic carbocycles. The van der Waals surface area contributed by atoms with E-state index < -0.39 is 0 Å². The first-order valence-electron chi connectivity index (χ1n) is 8.16. The highest BCUT2D eigenvalue weighted by Crippen LogP contribution is 2.38. The first kappa shape index (κ1) is 13.8. The highest BCUT2D eigenvalue weighted by atomic mass is 79.9. The van der Waals surface area contributed by atoms with Crippen molar-refractivity contribution in [3.8, 4) is 0 Å². The molecular weight excluding hydrogens is 330 g/mol. The zero-order chi connectivity index (χ0) is 14.4. The Morgan fingerprint density at radius 1 is 1.24 bits per heavy atom. The Balaban J connectivity index is 1.58. The molecule has 1 saturated carbocycles. The molecule has 4 nitrogen and oxygen atoms in total. The fourth-order valence-corrected chi connectivity index (χ4v) is 4.36. The summed E-state index contributed by atoms with van der Waals surface area (Å²) < 4.78 is 3.21. The maximum absolute atomic E-state index is 13.0. The van der Waals surface area contributed by atoms with E-state index in [0.29, 0.717) is 18.1 Å². The monoisotopic (exact) mass is 351 g/mol. The van der Waals surface area contributed by atoms with Crippen molar-refractivity contribution in [2.24, 2.45) is 0 Å². The highest BCUT2D eigenvalue weighted by Gasteiger charge is 2.38. The summed E-state index contributed by atoms with van der Waals surface area (Å²) in [4.78, 5) is 15.2. The van der Waals surface area contributed by atoms with E-state index >= 15 is 0 Å². The Hall–Kier alpha value is -0.810. The number of halogens is 1. The van der Waals surface area contributed by atoms with Gasteiger partial charge in [0.15, 0.2) is 0 Å². The van der Waals surface area contributed by atoms with Crippen molar-refractivity contribution in [3.05, 3.63) is 22.4 Å². The summed E-state index contributed by atoms with van der Waals surface area (Å²) >= 11 is 3.53. The molecule has 0 bridgehead atoms. The lowest BCUT2D eigenvalue weighted by Crippen LogP contribution is -2.47. The topological polar surface area (TPSA) is 37.3 Å². The van der Waals surface area contributed by atoms with Gasteiger partial charge in [0.25, 0.3) is 5.91 Å². The maximum Gasteiger partial charge on any atom is 0.270 e. The summed E-state index contributed by atoms with van der Waals surface area (Å²) in [7, 11) is 0. The first-order valence-corrected chi connectivity index (χ1v) is 8.95. The second kappa shape index (κ2) is 5.43. The standard InChI is InChI=1S/C16H22BrN3O/c17-11-9-15(20(10-11)12-5-6-12)16(21)19-8-2-4-14(19)13-3-1-7-18-13/h9-10,12-14,18H,1-8H2. The summed E-state index contributed by atoms with van der Waals surface area (Å²) in [6.07, 6.45) is 9.22. The molecule has 114 valence electrons. The van der Waals surface area contributed by atoms with Gasteiger partial charge in [0.1, 0.15) is 5.69 Å². The predicted octanol–water partition coefficient (Wildman–Crippen LogP) is 2.94. The van der Waals surface area contributed by atoms with Crippen LogP contribution in [0.1, 0.15) is 55.1 Å². The van der Waals surface area contributed by atoms with Crippen LogP contribution >= 0.6 is 15.9 Å². The van der Waals surface area contributed by atoms with Crippen molar-refractivity contribution >= 4 is 21.8 Å². The van der Waals surface area contributed by atoms with Gasteiger partial charge >= 0.3 is 0 Å². The molecule has 2 unspecified atom stereocenters. The number of aromatic nitrogens is 1. The van der Waals surface area contributed by atoms with Gasteiger partial charge in [-0.05, 0) is 67.1 Å². The molecule has 1 aromatic heterocycles. The molecular formula is C16H22BrN3O. The zero-order valence-corrected chi connectivity index (χ0v) is 13.8. The fraction of sp³-hybridized carbons (Fsp3) is 0.688. The molecule has 21 heavy (non-hydrogen) atoms. The van der Waals surface area contributed by atoms with Gasteiger partial charge < -0.3 is 14.8 Å². The average Bonchev–Trinajstić information content (AvgIpc) is 2.93. The number of amides is 1. The molecule has 0 spiro atoms. The summed E-state index contributed by atoms with van der Waals surface area (Å²) in [5.74, 6) is 0.226. The molecule has 1 N–H and O–H groups in total. The molecule has 2 saturated heterocycles. The van der Waals surface area contributed by atoms with Crippen molar-refractivity contribution < 1.29 is 4.79 Å². The first-order chi connectivity index (χ1) is 10.2. The van der Waals surface area contributed by atoms with E-state index in [2.05, 4.69) is 36.9 Å². The quantitative estimate of drug-likeness (QED) is 0.908. The normalized spacial score (nSPS) is 29.3. The number of rotatable bonds is 3. The Morgan fingerprint density at radius 2 is 2.10 bits per heavy atom. The maximum atomic E-state index is 13.0. The van der Waals surface area contributed by atoms with Crippen molar-refractivity contribution in [2.75, 3.05) is 13.1 Å². The van der Waals surface area contributed by atoms with Crippen LogP contribution in [0.25, 0.3) is 0 Å². The number of hydrogen-bond acceptors (Lipinski definition) is 2. The number of nitrogens with zero attached hydrogens (tertiary/aromatic N) is 2. The molecule has 2 aliphatic heterocycles. The number of carbonyl (C=O) groups excluding carboxylic acids is 1. The van der Waals surface area contributed by atoms with E-state index in [1.807, 2.05) is 6.07 Å². The van der Waals surface area contributed by atoms with Crippen LogP contribution in [-0.2, 0) is 0 Å². The van der Waals surface area contributed by atoms with Crippen LogP contribution in [0.15, 0.2) is 16.7 Å². The number of carbonyl (C=O) groups is 1. The third kappa shape index (κ3) is 2.55. The minimum atomic E-state index is 0.226. The number of likely N-dealkylation sites (tertiary alicyclic amines) is 1. The molecule has 0 radical (unpaired) electrons.